The highest BCUT2D eigenvalue weighted by Gasteiger charge is 2.09. The molecule has 2 N–H and O–H groups in total. The van der Waals surface area contributed by atoms with Gasteiger partial charge in [-0.05, 0) is 39.7 Å². The molecule has 0 atom stereocenters. The van der Waals surface area contributed by atoms with E-state index in [4.69, 9.17) is 9.47 Å². The summed E-state index contributed by atoms with van der Waals surface area (Å²) in [5, 5.41) is 24.2. The second kappa shape index (κ2) is 8.81. The van der Waals surface area contributed by atoms with Crippen molar-refractivity contribution in [3.63, 3.8) is 0 Å². The van der Waals surface area contributed by atoms with Gasteiger partial charge in [0, 0.05) is 6.07 Å². The van der Waals surface area contributed by atoms with E-state index in [2.05, 4.69) is 26.5 Å². The first-order valence-corrected chi connectivity index (χ1v) is 7.95. The summed E-state index contributed by atoms with van der Waals surface area (Å²) in [6, 6.07) is 8.63. The average Bonchev–Trinajstić information content (AvgIpc) is 2.63. The van der Waals surface area contributed by atoms with Gasteiger partial charge in [-0.3, -0.25) is 14.9 Å². The molecule has 10 heteroatoms. The number of phenols is 1. The Labute approximate surface area is 156 Å². The van der Waals surface area contributed by atoms with Gasteiger partial charge in [0.25, 0.3) is 11.6 Å². The summed E-state index contributed by atoms with van der Waals surface area (Å²) in [5.41, 5.74) is 2.71. The molecule has 2 rings (SSSR count). The molecule has 0 spiro atoms. The van der Waals surface area contributed by atoms with E-state index in [1.165, 1.54) is 43.7 Å². The number of methoxy groups -OCH3 is 1. The van der Waals surface area contributed by atoms with E-state index in [0.717, 1.165) is 0 Å². The molecule has 2 aromatic rings. The first-order valence-electron chi connectivity index (χ1n) is 7.16. The highest BCUT2D eigenvalue weighted by atomic mass is 79.9. The minimum absolute atomic E-state index is 0.0426. The predicted octanol–water partition coefficient (Wildman–Crippen LogP) is 2.60. The van der Waals surface area contributed by atoms with Crippen molar-refractivity contribution >= 4 is 33.7 Å². The van der Waals surface area contributed by atoms with Crippen molar-refractivity contribution < 1.29 is 24.3 Å². The number of amides is 1. The molecule has 9 nitrogen and oxygen atoms in total. The maximum Gasteiger partial charge on any atom is 0.277 e. The highest BCUT2D eigenvalue weighted by Crippen LogP contribution is 2.34. The van der Waals surface area contributed by atoms with E-state index < -0.39 is 10.8 Å². The van der Waals surface area contributed by atoms with E-state index in [1.807, 2.05) is 0 Å². The van der Waals surface area contributed by atoms with Gasteiger partial charge in [-0.25, -0.2) is 5.43 Å². The maximum absolute atomic E-state index is 11.7. The van der Waals surface area contributed by atoms with Gasteiger partial charge in [-0.15, -0.1) is 0 Å². The number of halogens is 1. The summed E-state index contributed by atoms with van der Waals surface area (Å²) < 4.78 is 10.6. The topological polar surface area (TPSA) is 123 Å². The number of nitro groups is 1. The number of carbonyl (C=O) groups excluding carboxylic acids is 1. The highest BCUT2D eigenvalue weighted by molar-refractivity contribution is 9.10. The van der Waals surface area contributed by atoms with Crippen LogP contribution in [0.15, 0.2) is 46.0 Å². The van der Waals surface area contributed by atoms with E-state index >= 15 is 0 Å². The third-order valence-electron chi connectivity index (χ3n) is 3.07. The average molecular weight is 424 g/mol. The summed E-state index contributed by atoms with van der Waals surface area (Å²) in [5.74, 6) is -0.136. The minimum Gasteiger partial charge on any atom is -0.503 e. The van der Waals surface area contributed by atoms with Crippen LogP contribution in [0, 0.1) is 10.1 Å². The quantitative estimate of drug-likeness (QED) is 0.400. The van der Waals surface area contributed by atoms with Crippen molar-refractivity contribution in [1.29, 1.82) is 0 Å². The molecule has 0 saturated carbocycles. The molecule has 0 fully saturated rings. The molecule has 0 bridgehead atoms. The molecule has 0 radical (unpaired) electrons. The van der Waals surface area contributed by atoms with Crippen LogP contribution in [-0.4, -0.2) is 35.9 Å². The van der Waals surface area contributed by atoms with Crippen molar-refractivity contribution in [2.24, 2.45) is 5.10 Å². The fourth-order valence-electron chi connectivity index (χ4n) is 1.87. The molecule has 0 aliphatic heterocycles. The number of nitrogens with one attached hydrogen (secondary N) is 1. The first-order chi connectivity index (χ1) is 12.4. The van der Waals surface area contributed by atoms with Crippen molar-refractivity contribution in [2.75, 3.05) is 13.7 Å². The van der Waals surface area contributed by atoms with E-state index in [1.54, 1.807) is 6.07 Å². The Morgan fingerprint density at radius 1 is 1.42 bits per heavy atom. The van der Waals surface area contributed by atoms with Crippen LogP contribution in [0.5, 0.6) is 17.2 Å². The van der Waals surface area contributed by atoms with Gasteiger partial charge in [-0.1, -0.05) is 6.07 Å². The maximum atomic E-state index is 11.7. The molecule has 0 aromatic heterocycles. The number of phenolic OH excluding ortho intramolecular Hbond substituents is 1. The predicted molar refractivity (Wildman–Crippen MR) is 96.7 cm³/mol. The smallest absolute Gasteiger partial charge is 0.277 e. The molecule has 0 unspecified atom stereocenters. The van der Waals surface area contributed by atoms with E-state index in [-0.39, 0.29) is 29.5 Å². The van der Waals surface area contributed by atoms with Crippen molar-refractivity contribution in [3.8, 4) is 17.2 Å². The van der Waals surface area contributed by atoms with Gasteiger partial charge in [0.2, 0.25) is 0 Å². The summed E-state index contributed by atoms with van der Waals surface area (Å²) in [7, 11) is 1.41. The number of ether oxygens (including phenoxy) is 2. The molecule has 0 aliphatic rings. The Hall–Kier alpha value is -3.14. The summed E-state index contributed by atoms with van der Waals surface area (Å²) in [6.07, 6.45) is 1.36. The van der Waals surface area contributed by atoms with Gasteiger partial charge in [0.1, 0.15) is 5.75 Å². The molecule has 136 valence electrons. The van der Waals surface area contributed by atoms with Gasteiger partial charge in [-0.2, -0.15) is 5.10 Å². The Morgan fingerprint density at radius 3 is 2.88 bits per heavy atom. The summed E-state index contributed by atoms with van der Waals surface area (Å²) in [6.45, 7) is -0.360. The fourth-order valence-corrected chi connectivity index (χ4v) is 2.33. The normalized spacial score (nSPS) is 10.5. The molecular weight excluding hydrogens is 410 g/mol. The molecule has 26 heavy (non-hydrogen) atoms. The van der Waals surface area contributed by atoms with Crippen molar-refractivity contribution in [3.05, 3.63) is 56.5 Å². The van der Waals surface area contributed by atoms with Crippen molar-refractivity contribution in [2.45, 2.75) is 0 Å². The largest absolute Gasteiger partial charge is 0.503 e. The zero-order valence-electron chi connectivity index (χ0n) is 13.5. The standard InChI is InChI=1S/C16H14BrN3O6/c1-25-14-6-10(5-13(17)16(14)22)8-18-19-15(21)9-26-12-4-2-3-11(7-12)20(23)24/h2-8,22H,9H2,1H3,(H,19,21). The van der Waals surface area contributed by atoms with E-state index in [0.29, 0.717) is 10.0 Å². The number of carbonyl (C=O) groups is 1. The van der Waals surface area contributed by atoms with Crippen LogP contribution in [0.1, 0.15) is 5.56 Å². The zero-order valence-corrected chi connectivity index (χ0v) is 15.1. The monoisotopic (exact) mass is 423 g/mol. The number of non-ortho nitro benzene ring substituents is 1. The number of hydrogen-bond acceptors (Lipinski definition) is 7. The lowest BCUT2D eigenvalue weighted by Gasteiger charge is -2.06. The lowest BCUT2D eigenvalue weighted by Crippen LogP contribution is -2.24. The zero-order chi connectivity index (χ0) is 19.1. The minimum atomic E-state index is -0.554. The Bertz CT molecular complexity index is 856. The van der Waals surface area contributed by atoms with E-state index in [9.17, 15) is 20.0 Å². The lowest BCUT2D eigenvalue weighted by molar-refractivity contribution is -0.384. The van der Waals surface area contributed by atoms with Gasteiger partial charge in [0.15, 0.2) is 18.1 Å². The van der Waals surface area contributed by atoms with Crippen LogP contribution < -0.4 is 14.9 Å². The molecule has 1 amide bonds. The second-order valence-electron chi connectivity index (χ2n) is 4.89. The van der Waals surface area contributed by atoms with Crippen LogP contribution >= 0.6 is 15.9 Å². The van der Waals surface area contributed by atoms with Crippen LogP contribution in [0.4, 0.5) is 5.69 Å². The van der Waals surface area contributed by atoms with Gasteiger partial charge in [0.05, 0.1) is 28.8 Å². The number of benzene rings is 2. The summed E-state index contributed by atoms with van der Waals surface area (Å²) in [4.78, 5) is 21.8. The number of hydrazone groups is 1. The first kappa shape index (κ1) is 19.2. The Morgan fingerprint density at radius 2 is 2.19 bits per heavy atom. The molecule has 2 aromatic carbocycles. The molecule has 0 saturated heterocycles. The van der Waals surface area contributed by atoms with Crippen LogP contribution in [0.2, 0.25) is 0 Å². The lowest BCUT2D eigenvalue weighted by atomic mass is 10.2. The Balaban J connectivity index is 1.91. The fraction of sp³-hybridized carbons (Fsp3) is 0.125. The second-order valence-corrected chi connectivity index (χ2v) is 5.74. The summed E-state index contributed by atoms with van der Waals surface area (Å²) >= 11 is 3.18. The molecular formula is C16H14BrN3O6. The Kier molecular flexibility index (Phi) is 6.50. The van der Waals surface area contributed by atoms with Crippen molar-refractivity contribution in [1.82, 2.24) is 5.43 Å². The van der Waals surface area contributed by atoms with Crippen LogP contribution in [0.3, 0.4) is 0 Å². The number of hydrogen-bond donors (Lipinski definition) is 2. The van der Waals surface area contributed by atoms with Gasteiger partial charge < -0.3 is 14.6 Å². The molecule has 0 heterocycles. The third kappa shape index (κ3) is 5.18. The van der Waals surface area contributed by atoms with Crippen LogP contribution in [-0.2, 0) is 4.79 Å². The number of rotatable bonds is 7. The van der Waals surface area contributed by atoms with Gasteiger partial charge >= 0.3 is 0 Å². The third-order valence-corrected chi connectivity index (χ3v) is 3.68. The number of nitrogens with zero attached hydrogens (tertiary/aromatic N) is 2. The SMILES string of the molecule is COc1cc(C=NNC(=O)COc2cccc([N+](=O)[O-])c2)cc(Br)c1O. The number of nitro benzene ring substituents is 1. The van der Waals surface area contributed by atoms with Crippen LogP contribution in [0.25, 0.3) is 0 Å². The molecule has 0 aliphatic carbocycles. The number of aromatic hydroxyl groups is 1.